The van der Waals surface area contributed by atoms with Gasteiger partial charge in [0.1, 0.15) is 5.78 Å². The minimum atomic E-state index is 0.382. The van der Waals surface area contributed by atoms with E-state index in [0.717, 1.165) is 48.3 Å². The summed E-state index contributed by atoms with van der Waals surface area (Å²) in [6.45, 7) is 4.88. The molecule has 0 saturated heterocycles. The fourth-order valence-corrected chi connectivity index (χ4v) is 6.69. The van der Waals surface area contributed by atoms with E-state index < -0.39 is 0 Å². The number of hydrogen-bond donors (Lipinski definition) is 0. The van der Waals surface area contributed by atoms with Crippen LogP contribution in [0.5, 0.6) is 0 Å². The van der Waals surface area contributed by atoms with Crippen LogP contribution in [0.2, 0.25) is 0 Å². The highest BCUT2D eigenvalue weighted by Crippen LogP contribution is 2.61. The maximum Gasteiger partial charge on any atom is 0.133 e. The molecular weight excluding hydrogens is 244 g/mol. The lowest BCUT2D eigenvalue weighted by molar-refractivity contribution is -0.118. The highest BCUT2D eigenvalue weighted by Gasteiger charge is 2.54. The maximum atomic E-state index is 12.0. The van der Waals surface area contributed by atoms with Crippen LogP contribution in [0.4, 0.5) is 0 Å². The molecule has 0 aliphatic heterocycles. The Balaban J connectivity index is 1.55. The Morgan fingerprint density at radius 2 is 1.85 bits per heavy atom. The van der Waals surface area contributed by atoms with Gasteiger partial charge in [-0.3, -0.25) is 4.79 Å². The van der Waals surface area contributed by atoms with Crippen LogP contribution in [0.25, 0.3) is 0 Å². The number of hydrogen-bond acceptors (Lipinski definition) is 1. The molecule has 0 aromatic rings. The number of Topliss-reactive ketones (excluding diaryl/α,β-unsaturated/α-hetero) is 1. The summed E-state index contributed by atoms with van der Waals surface area (Å²) in [5.74, 6) is 6.17. The van der Waals surface area contributed by atoms with E-state index >= 15 is 0 Å². The number of fused-ring (bicyclic) bond motifs is 4. The number of ketones is 1. The summed E-state index contributed by atoms with van der Waals surface area (Å²) in [7, 11) is 0. The van der Waals surface area contributed by atoms with E-state index in [-0.39, 0.29) is 0 Å². The number of carbonyl (C=O) groups excluding carboxylic acids is 1. The second-order valence-corrected chi connectivity index (χ2v) is 9.05. The van der Waals surface area contributed by atoms with Crippen molar-refractivity contribution in [3.63, 3.8) is 0 Å². The van der Waals surface area contributed by atoms with Crippen molar-refractivity contribution in [2.24, 2.45) is 40.9 Å². The summed E-state index contributed by atoms with van der Waals surface area (Å²) in [4.78, 5) is 12.0. The lowest BCUT2D eigenvalue weighted by Gasteiger charge is -2.53. The minimum Gasteiger partial charge on any atom is -0.300 e. The van der Waals surface area contributed by atoms with Gasteiger partial charge in [-0.15, -0.1) is 0 Å². The summed E-state index contributed by atoms with van der Waals surface area (Å²) in [6.07, 6.45) is 12.0. The molecule has 4 aliphatic rings. The van der Waals surface area contributed by atoms with Crippen LogP contribution < -0.4 is 0 Å². The van der Waals surface area contributed by atoms with Gasteiger partial charge >= 0.3 is 0 Å². The quantitative estimate of drug-likeness (QED) is 0.617. The molecule has 1 heteroatoms. The fourth-order valence-electron chi connectivity index (χ4n) is 6.69. The second-order valence-electron chi connectivity index (χ2n) is 9.05. The van der Waals surface area contributed by atoms with E-state index in [1.165, 1.54) is 44.9 Å². The molecule has 4 aliphatic carbocycles. The van der Waals surface area contributed by atoms with Crippen molar-refractivity contribution in [3.8, 4) is 0 Å². The number of carbonyl (C=O) groups is 1. The average Bonchev–Trinajstić information content (AvgIpc) is 2.71. The van der Waals surface area contributed by atoms with Gasteiger partial charge in [0.25, 0.3) is 0 Å². The fraction of sp³-hybridized carbons (Fsp3) is 0.947. The summed E-state index contributed by atoms with van der Waals surface area (Å²) in [5.41, 5.74) is 0.382. The van der Waals surface area contributed by atoms with Crippen molar-refractivity contribution >= 4 is 5.78 Å². The zero-order valence-electron chi connectivity index (χ0n) is 13.2. The van der Waals surface area contributed by atoms with Gasteiger partial charge < -0.3 is 0 Å². The van der Waals surface area contributed by atoms with Gasteiger partial charge in [-0.2, -0.15) is 0 Å². The van der Waals surface area contributed by atoms with Gasteiger partial charge in [0.05, 0.1) is 0 Å². The first-order valence-electron chi connectivity index (χ1n) is 9.07. The predicted octanol–water partition coefficient (Wildman–Crippen LogP) is 4.84. The van der Waals surface area contributed by atoms with E-state index in [1.807, 2.05) is 0 Å². The normalized spacial score (nSPS) is 55.0. The molecule has 0 N–H and O–H groups in total. The van der Waals surface area contributed by atoms with Crippen LogP contribution in [0.1, 0.15) is 71.6 Å². The van der Waals surface area contributed by atoms with Crippen LogP contribution >= 0.6 is 0 Å². The highest BCUT2D eigenvalue weighted by molar-refractivity contribution is 5.82. The molecule has 0 aromatic carbocycles. The Morgan fingerprint density at radius 3 is 2.70 bits per heavy atom. The van der Waals surface area contributed by atoms with Crippen LogP contribution in [0.3, 0.4) is 0 Å². The molecule has 112 valence electrons. The summed E-state index contributed by atoms with van der Waals surface area (Å²) in [6, 6.07) is 0. The van der Waals surface area contributed by atoms with Crippen LogP contribution in [0, 0.1) is 40.9 Å². The molecule has 0 aromatic heterocycles. The lowest BCUT2D eigenvalue weighted by atomic mass is 9.52. The molecule has 0 spiro atoms. The molecule has 0 bridgehead atoms. The van der Waals surface area contributed by atoms with E-state index in [9.17, 15) is 4.79 Å². The lowest BCUT2D eigenvalue weighted by Crippen LogP contribution is -2.45. The summed E-state index contributed by atoms with van der Waals surface area (Å²) in [5, 5.41) is 0. The molecule has 20 heavy (non-hydrogen) atoms. The van der Waals surface area contributed by atoms with Gasteiger partial charge in [0, 0.05) is 12.8 Å². The first-order chi connectivity index (χ1) is 9.55. The smallest absolute Gasteiger partial charge is 0.133 e. The summed E-state index contributed by atoms with van der Waals surface area (Å²) >= 11 is 0. The van der Waals surface area contributed by atoms with E-state index in [1.54, 1.807) is 0 Å². The molecule has 1 nitrogen and oxygen atoms in total. The van der Waals surface area contributed by atoms with Crippen molar-refractivity contribution in [2.45, 2.75) is 71.6 Å². The van der Waals surface area contributed by atoms with E-state index in [2.05, 4.69) is 13.8 Å². The Morgan fingerprint density at radius 1 is 1.00 bits per heavy atom. The Labute approximate surface area is 123 Å². The standard InChI is InChI=1S/C19H30O/c1-12-3-4-13-9-17-14(8-15(13)7-12)5-6-19(2)11-16(20)10-18(17)19/h12-15,17-18H,3-11H2,1-2H3/t12?,13-,14+,15?,17+,18-,19+/m1/s1. The van der Waals surface area contributed by atoms with Crippen molar-refractivity contribution < 1.29 is 4.79 Å². The molecule has 4 saturated carbocycles. The molecule has 7 atom stereocenters. The topological polar surface area (TPSA) is 17.1 Å². The molecule has 4 fully saturated rings. The van der Waals surface area contributed by atoms with Crippen molar-refractivity contribution in [2.75, 3.05) is 0 Å². The van der Waals surface area contributed by atoms with Crippen LogP contribution in [0.15, 0.2) is 0 Å². The minimum absolute atomic E-state index is 0.382. The van der Waals surface area contributed by atoms with Crippen molar-refractivity contribution in [1.82, 2.24) is 0 Å². The third-order valence-electron chi connectivity index (χ3n) is 7.73. The van der Waals surface area contributed by atoms with Gasteiger partial charge in [-0.25, -0.2) is 0 Å². The Kier molecular flexibility index (Phi) is 3.06. The van der Waals surface area contributed by atoms with Gasteiger partial charge in [0.2, 0.25) is 0 Å². The van der Waals surface area contributed by atoms with E-state index in [0.29, 0.717) is 11.2 Å². The maximum absolute atomic E-state index is 12.0. The first kappa shape index (κ1) is 13.3. The van der Waals surface area contributed by atoms with Gasteiger partial charge in [0.15, 0.2) is 0 Å². The zero-order chi connectivity index (χ0) is 13.9. The average molecular weight is 274 g/mol. The second kappa shape index (κ2) is 4.58. The number of rotatable bonds is 0. The Hall–Kier alpha value is -0.330. The SMILES string of the molecule is CC1CC[C@@H]2C[C@H]3[C@@H](CC[C@@]4(C)CC(=O)C[C@H]34)CC2C1. The molecule has 0 amide bonds. The first-order valence-corrected chi connectivity index (χ1v) is 9.07. The van der Waals surface area contributed by atoms with E-state index in [4.69, 9.17) is 0 Å². The molecule has 0 heterocycles. The van der Waals surface area contributed by atoms with Crippen LogP contribution in [-0.2, 0) is 4.79 Å². The van der Waals surface area contributed by atoms with Gasteiger partial charge in [-0.05, 0) is 79.4 Å². The third kappa shape index (κ3) is 1.99. The molecule has 4 rings (SSSR count). The van der Waals surface area contributed by atoms with Crippen molar-refractivity contribution in [3.05, 3.63) is 0 Å². The van der Waals surface area contributed by atoms with Gasteiger partial charge in [-0.1, -0.05) is 20.3 Å². The molecular formula is C19H30O. The summed E-state index contributed by atoms with van der Waals surface area (Å²) < 4.78 is 0. The third-order valence-corrected chi connectivity index (χ3v) is 7.73. The highest BCUT2D eigenvalue weighted by atomic mass is 16.1. The van der Waals surface area contributed by atoms with Crippen molar-refractivity contribution in [1.29, 1.82) is 0 Å². The largest absolute Gasteiger partial charge is 0.300 e. The molecule has 0 radical (unpaired) electrons. The monoisotopic (exact) mass is 274 g/mol. The zero-order valence-corrected chi connectivity index (χ0v) is 13.2. The predicted molar refractivity (Wildman–Crippen MR) is 81.3 cm³/mol. The molecule has 2 unspecified atom stereocenters. The van der Waals surface area contributed by atoms with Crippen LogP contribution in [-0.4, -0.2) is 5.78 Å². The Bertz CT molecular complexity index is 414.